The van der Waals surface area contributed by atoms with Crippen LogP contribution in [0.5, 0.6) is 0 Å². The first-order chi connectivity index (χ1) is 3.81. The quantitative estimate of drug-likeness (QED) is 0.468. The Hall–Kier alpha value is -0.610. The topological polar surface area (TPSA) is 64.3 Å². The third-order valence-corrected chi connectivity index (χ3v) is 0.587. The third-order valence-electron chi connectivity index (χ3n) is 0.587. The number of nitrogens with one attached hydrogen (secondary N) is 1. The molecule has 0 bridgehead atoms. The van der Waals surface area contributed by atoms with Crippen LogP contribution in [0.15, 0.2) is 0 Å². The summed E-state index contributed by atoms with van der Waals surface area (Å²) in [6, 6.07) is 0. The van der Waals surface area contributed by atoms with Gasteiger partial charge in [-0.05, 0) is 0 Å². The average Bonchev–Trinajstić information content (AvgIpc) is 1.68. The van der Waals surface area contributed by atoms with E-state index in [-0.39, 0.29) is 5.91 Å². The zero-order chi connectivity index (χ0) is 6.41. The third kappa shape index (κ3) is 3.58. The van der Waals surface area contributed by atoms with Crippen molar-refractivity contribution in [1.29, 1.82) is 0 Å². The fourth-order valence-electron chi connectivity index (χ4n) is 0.296. The summed E-state index contributed by atoms with van der Waals surface area (Å²) in [5.74, 6) is -0.185. The number of hydroxylamine groups is 1. The van der Waals surface area contributed by atoms with Crippen LogP contribution in [0.1, 0.15) is 6.42 Å². The van der Waals surface area contributed by atoms with Crippen molar-refractivity contribution >= 4 is 5.91 Å². The lowest BCUT2D eigenvalue weighted by atomic mass is 10.4. The van der Waals surface area contributed by atoms with E-state index >= 15 is 0 Å². The molecule has 1 amide bonds. The fourth-order valence-corrected chi connectivity index (χ4v) is 0.296. The number of carbonyl (C=O) groups is 1. The lowest BCUT2D eigenvalue weighted by Crippen LogP contribution is -2.24. The van der Waals surface area contributed by atoms with Crippen molar-refractivity contribution in [2.45, 2.75) is 6.42 Å². The first kappa shape index (κ1) is 7.39. The van der Waals surface area contributed by atoms with Gasteiger partial charge in [-0.3, -0.25) is 9.63 Å². The van der Waals surface area contributed by atoms with Crippen LogP contribution in [-0.2, 0) is 9.63 Å². The van der Waals surface area contributed by atoms with E-state index in [0.717, 1.165) is 0 Å². The molecule has 4 nitrogen and oxygen atoms in total. The summed E-state index contributed by atoms with van der Waals surface area (Å²) in [6.07, 6.45) is 0.313. The number of rotatable bonds is 3. The molecule has 0 rings (SSSR count). The molecular weight excluding hydrogens is 108 g/mol. The molecule has 0 aliphatic carbocycles. The van der Waals surface area contributed by atoms with E-state index in [0.29, 0.717) is 13.0 Å². The molecule has 0 aromatic rings. The van der Waals surface area contributed by atoms with Crippen molar-refractivity contribution in [2.75, 3.05) is 13.7 Å². The van der Waals surface area contributed by atoms with Crippen LogP contribution in [0.4, 0.5) is 0 Å². The first-order valence-corrected chi connectivity index (χ1v) is 2.33. The van der Waals surface area contributed by atoms with Gasteiger partial charge in [0.1, 0.15) is 0 Å². The number of amides is 1. The van der Waals surface area contributed by atoms with E-state index in [1.165, 1.54) is 7.11 Å². The van der Waals surface area contributed by atoms with E-state index in [2.05, 4.69) is 10.3 Å². The summed E-state index contributed by atoms with van der Waals surface area (Å²) in [5, 5.41) is 0. The highest BCUT2D eigenvalue weighted by Crippen LogP contribution is 1.71. The van der Waals surface area contributed by atoms with Crippen molar-refractivity contribution in [3.05, 3.63) is 0 Å². The normalized spacial score (nSPS) is 8.75. The Kier molecular flexibility index (Phi) is 4.20. The van der Waals surface area contributed by atoms with Gasteiger partial charge in [0.2, 0.25) is 5.91 Å². The number of hydrogen-bond acceptors (Lipinski definition) is 3. The Balaban J connectivity index is 3.06. The minimum absolute atomic E-state index is 0.185. The van der Waals surface area contributed by atoms with E-state index in [1.807, 2.05) is 0 Å². The molecule has 48 valence electrons. The van der Waals surface area contributed by atoms with Crippen LogP contribution in [-0.4, -0.2) is 19.6 Å². The Morgan fingerprint density at radius 3 is 2.88 bits per heavy atom. The van der Waals surface area contributed by atoms with Gasteiger partial charge in [-0.1, -0.05) is 0 Å². The fraction of sp³-hybridized carbons (Fsp3) is 0.750. The predicted octanol–water partition coefficient (Wildman–Crippen LogP) is -0.987. The van der Waals surface area contributed by atoms with Crippen molar-refractivity contribution in [2.24, 2.45) is 5.73 Å². The maximum Gasteiger partial charge on any atom is 0.244 e. The van der Waals surface area contributed by atoms with E-state index < -0.39 is 0 Å². The van der Waals surface area contributed by atoms with Gasteiger partial charge in [0.15, 0.2) is 0 Å². The van der Waals surface area contributed by atoms with Gasteiger partial charge >= 0.3 is 0 Å². The van der Waals surface area contributed by atoms with E-state index in [4.69, 9.17) is 5.73 Å². The Bertz CT molecular complexity index is 66.4. The van der Waals surface area contributed by atoms with Crippen molar-refractivity contribution in [3.63, 3.8) is 0 Å². The molecule has 0 radical (unpaired) electrons. The highest BCUT2D eigenvalue weighted by molar-refractivity contribution is 5.74. The van der Waals surface area contributed by atoms with Crippen LogP contribution in [0.25, 0.3) is 0 Å². The molecule has 0 aromatic heterocycles. The monoisotopic (exact) mass is 118 g/mol. The molecule has 0 heterocycles. The van der Waals surface area contributed by atoms with Crippen molar-refractivity contribution < 1.29 is 9.63 Å². The molecule has 0 unspecified atom stereocenters. The lowest BCUT2D eigenvalue weighted by Gasteiger charge is -1.96. The summed E-state index contributed by atoms with van der Waals surface area (Å²) >= 11 is 0. The summed E-state index contributed by atoms with van der Waals surface area (Å²) in [4.78, 5) is 14.6. The zero-order valence-corrected chi connectivity index (χ0v) is 4.81. The van der Waals surface area contributed by atoms with Crippen LogP contribution >= 0.6 is 0 Å². The molecule has 0 atom stereocenters. The average molecular weight is 118 g/mol. The van der Waals surface area contributed by atoms with E-state index in [9.17, 15) is 4.79 Å². The minimum atomic E-state index is -0.185. The molecule has 0 aromatic carbocycles. The molecular formula is C4H10N2O2. The second-order valence-corrected chi connectivity index (χ2v) is 1.27. The van der Waals surface area contributed by atoms with Gasteiger partial charge in [-0.15, -0.1) is 0 Å². The second-order valence-electron chi connectivity index (χ2n) is 1.27. The molecule has 4 heteroatoms. The predicted molar refractivity (Wildman–Crippen MR) is 28.8 cm³/mol. The lowest BCUT2D eigenvalue weighted by molar-refractivity contribution is -0.131. The Labute approximate surface area is 48.0 Å². The van der Waals surface area contributed by atoms with Crippen molar-refractivity contribution in [3.8, 4) is 0 Å². The molecule has 0 saturated carbocycles. The SMILES string of the molecule is CONC(=O)CCN. The van der Waals surface area contributed by atoms with Gasteiger partial charge < -0.3 is 5.73 Å². The Morgan fingerprint density at radius 2 is 2.50 bits per heavy atom. The number of hydrogen-bond donors (Lipinski definition) is 2. The standard InChI is InChI=1S/C4H10N2O2/c1-8-6-4(7)2-3-5/h2-3,5H2,1H3,(H,6,7). The molecule has 0 fully saturated rings. The highest BCUT2D eigenvalue weighted by atomic mass is 16.6. The zero-order valence-electron chi connectivity index (χ0n) is 4.81. The summed E-state index contributed by atoms with van der Waals surface area (Å²) in [6.45, 7) is 0.356. The van der Waals surface area contributed by atoms with Gasteiger partial charge in [-0.2, -0.15) is 0 Å². The van der Waals surface area contributed by atoms with Crippen molar-refractivity contribution in [1.82, 2.24) is 5.48 Å². The van der Waals surface area contributed by atoms with Gasteiger partial charge in [0.05, 0.1) is 7.11 Å². The van der Waals surface area contributed by atoms with Crippen LogP contribution in [0, 0.1) is 0 Å². The maximum absolute atomic E-state index is 10.3. The largest absolute Gasteiger partial charge is 0.330 e. The Morgan fingerprint density at radius 1 is 1.88 bits per heavy atom. The summed E-state index contributed by atoms with van der Waals surface area (Å²) in [7, 11) is 1.38. The molecule has 0 aliphatic heterocycles. The molecule has 3 N–H and O–H groups in total. The molecule has 8 heavy (non-hydrogen) atoms. The van der Waals surface area contributed by atoms with E-state index in [1.54, 1.807) is 0 Å². The van der Waals surface area contributed by atoms with Gasteiger partial charge in [-0.25, -0.2) is 5.48 Å². The number of carbonyl (C=O) groups excluding carboxylic acids is 1. The smallest absolute Gasteiger partial charge is 0.244 e. The van der Waals surface area contributed by atoms with Crippen LogP contribution in [0.3, 0.4) is 0 Å². The molecule has 0 saturated heterocycles. The summed E-state index contributed by atoms with van der Waals surface area (Å²) < 4.78 is 0. The van der Waals surface area contributed by atoms with Crippen LogP contribution in [0.2, 0.25) is 0 Å². The molecule has 0 spiro atoms. The van der Waals surface area contributed by atoms with Gasteiger partial charge in [0.25, 0.3) is 0 Å². The molecule has 0 aliphatic rings. The summed E-state index contributed by atoms with van der Waals surface area (Å²) in [5.41, 5.74) is 7.17. The van der Waals surface area contributed by atoms with Crippen LogP contribution < -0.4 is 11.2 Å². The maximum atomic E-state index is 10.3. The first-order valence-electron chi connectivity index (χ1n) is 2.33. The second kappa shape index (κ2) is 4.55. The number of nitrogens with two attached hydrogens (primary N) is 1. The minimum Gasteiger partial charge on any atom is -0.330 e. The highest BCUT2D eigenvalue weighted by Gasteiger charge is 1.93. The van der Waals surface area contributed by atoms with Gasteiger partial charge in [0, 0.05) is 13.0 Å².